The van der Waals surface area contributed by atoms with Crippen molar-refractivity contribution in [3.63, 3.8) is 0 Å². The quantitative estimate of drug-likeness (QED) is 0.647. The highest BCUT2D eigenvalue weighted by atomic mass is 32.1. The third kappa shape index (κ3) is 4.00. The summed E-state index contributed by atoms with van der Waals surface area (Å²) in [6, 6.07) is 9.64. The summed E-state index contributed by atoms with van der Waals surface area (Å²) in [7, 11) is 0. The molecule has 0 unspecified atom stereocenters. The number of aromatic nitrogens is 1. The SMILES string of the molecule is Cc1cccc(C)c1NC(=O)[C@H](C)OC(=O)c1csc(-c2cccs2)n1. The van der Waals surface area contributed by atoms with Crippen LogP contribution < -0.4 is 5.32 Å². The second kappa shape index (κ2) is 7.80. The number of para-hydroxylation sites is 1. The van der Waals surface area contributed by atoms with Gasteiger partial charge >= 0.3 is 5.97 Å². The number of benzene rings is 1. The molecule has 3 rings (SSSR count). The predicted octanol–water partition coefficient (Wildman–Crippen LogP) is 4.67. The number of amides is 1. The molecule has 134 valence electrons. The molecule has 7 heteroatoms. The maximum Gasteiger partial charge on any atom is 0.358 e. The van der Waals surface area contributed by atoms with Crippen molar-refractivity contribution >= 4 is 40.2 Å². The fourth-order valence-corrected chi connectivity index (χ4v) is 4.00. The first kappa shape index (κ1) is 18.3. The minimum atomic E-state index is -0.923. The molecule has 2 aromatic heterocycles. The Balaban J connectivity index is 1.65. The van der Waals surface area contributed by atoms with Crippen molar-refractivity contribution in [1.82, 2.24) is 4.98 Å². The zero-order valence-corrected chi connectivity index (χ0v) is 16.2. The Morgan fingerprint density at radius 2 is 1.85 bits per heavy atom. The molecule has 3 aromatic rings. The van der Waals surface area contributed by atoms with Crippen molar-refractivity contribution in [2.24, 2.45) is 0 Å². The highest BCUT2D eigenvalue weighted by Gasteiger charge is 2.22. The number of anilines is 1. The van der Waals surface area contributed by atoms with E-state index in [0.29, 0.717) is 0 Å². The summed E-state index contributed by atoms with van der Waals surface area (Å²) in [5, 5.41) is 7.19. The number of thiazole rings is 1. The molecule has 0 aliphatic heterocycles. The Labute approximate surface area is 159 Å². The molecule has 26 heavy (non-hydrogen) atoms. The highest BCUT2D eigenvalue weighted by Crippen LogP contribution is 2.28. The molecule has 2 heterocycles. The second-order valence-corrected chi connectivity index (χ2v) is 7.62. The van der Waals surface area contributed by atoms with Gasteiger partial charge in [-0.3, -0.25) is 4.79 Å². The Bertz CT molecular complexity index is 912. The lowest BCUT2D eigenvalue weighted by atomic mass is 10.1. The average molecular weight is 386 g/mol. The van der Waals surface area contributed by atoms with E-state index >= 15 is 0 Å². The minimum absolute atomic E-state index is 0.213. The van der Waals surface area contributed by atoms with Gasteiger partial charge in [-0.25, -0.2) is 9.78 Å². The summed E-state index contributed by atoms with van der Waals surface area (Å²) in [5.41, 5.74) is 2.87. The van der Waals surface area contributed by atoms with Crippen LogP contribution >= 0.6 is 22.7 Å². The monoisotopic (exact) mass is 386 g/mol. The zero-order valence-electron chi connectivity index (χ0n) is 14.6. The van der Waals surface area contributed by atoms with Crippen LogP contribution in [-0.4, -0.2) is 23.0 Å². The number of carbonyl (C=O) groups excluding carboxylic acids is 2. The highest BCUT2D eigenvalue weighted by molar-refractivity contribution is 7.20. The minimum Gasteiger partial charge on any atom is -0.448 e. The molecule has 5 nitrogen and oxygen atoms in total. The van der Waals surface area contributed by atoms with Gasteiger partial charge in [0.25, 0.3) is 5.91 Å². The van der Waals surface area contributed by atoms with Gasteiger partial charge in [-0.15, -0.1) is 22.7 Å². The molecule has 0 fully saturated rings. The molecule has 0 spiro atoms. The predicted molar refractivity (Wildman–Crippen MR) is 105 cm³/mol. The van der Waals surface area contributed by atoms with E-state index in [1.54, 1.807) is 23.6 Å². The Morgan fingerprint density at radius 1 is 1.12 bits per heavy atom. The maximum absolute atomic E-state index is 12.4. The average Bonchev–Trinajstić information content (AvgIpc) is 3.28. The third-order valence-corrected chi connectivity index (χ3v) is 5.71. The Hall–Kier alpha value is -2.51. The van der Waals surface area contributed by atoms with E-state index < -0.39 is 12.1 Å². The smallest absolute Gasteiger partial charge is 0.358 e. The standard InChI is InChI=1S/C19H18N2O3S2/c1-11-6-4-7-12(2)16(11)21-17(22)13(3)24-19(23)14-10-26-18(20-14)15-8-5-9-25-15/h4-10,13H,1-3H3,(H,21,22)/t13-/m0/s1. The first-order chi connectivity index (χ1) is 12.5. The molecule has 0 radical (unpaired) electrons. The van der Waals surface area contributed by atoms with Crippen molar-refractivity contribution < 1.29 is 14.3 Å². The van der Waals surface area contributed by atoms with Crippen molar-refractivity contribution in [2.75, 3.05) is 5.32 Å². The lowest BCUT2D eigenvalue weighted by molar-refractivity contribution is -0.123. The molecular formula is C19H18N2O3S2. The number of aryl methyl sites for hydroxylation is 2. The first-order valence-corrected chi connectivity index (χ1v) is 9.79. The van der Waals surface area contributed by atoms with E-state index in [9.17, 15) is 9.59 Å². The van der Waals surface area contributed by atoms with Crippen molar-refractivity contribution in [3.05, 3.63) is 57.9 Å². The second-order valence-electron chi connectivity index (χ2n) is 5.82. The Morgan fingerprint density at radius 3 is 2.50 bits per heavy atom. The van der Waals surface area contributed by atoms with Gasteiger partial charge in [0.1, 0.15) is 5.01 Å². The van der Waals surface area contributed by atoms with Crippen LogP contribution in [0.3, 0.4) is 0 Å². The number of esters is 1. The van der Waals surface area contributed by atoms with E-state index in [1.807, 2.05) is 49.6 Å². The summed E-state index contributed by atoms with van der Waals surface area (Å²) in [6.45, 7) is 5.38. The lowest BCUT2D eigenvalue weighted by Gasteiger charge is -2.15. The number of hydrogen-bond donors (Lipinski definition) is 1. The zero-order chi connectivity index (χ0) is 18.7. The van der Waals surface area contributed by atoms with Crippen molar-refractivity contribution in [1.29, 1.82) is 0 Å². The number of rotatable bonds is 5. The fourth-order valence-electron chi connectivity index (χ4n) is 2.39. The Kier molecular flexibility index (Phi) is 5.49. The van der Waals surface area contributed by atoms with Gasteiger partial charge in [0.05, 0.1) is 4.88 Å². The van der Waals surface area contributed by atoms with Gasteiger partial charge in [0.2, 0.25) is 0 Å². The van der Waals surface area contributed by atoms with Crippen LogP contribution in [0.25, 0.3) is 9.88 Å². The van der Waals surface area contributed by atoms with Gasteiger partial charge < -0.3 is 10.1 Å². The summed E-state index contributed by atoms with van der Waals surface area (Å²) >= 11 is 2.93. The van der Waals surface area contributed by atoms with E-state index in [1.165, 1.54) is 11.3 Å². The first-order valence-electron chi connectivity index (χ1n) is 8.03. The van der Waals surface area contributed by atoms with E-state index in [0.717, 1.165) is 26.7 Å². The lowest BCUT2D eigenvalue weighted by Crippen LogP contribution is -2.30. The summed E-state index contributed by atoms with van der Waals surface area (Å²) in [5.74, 6) is -0.974. The van der Waals surface area contributed by atoms with Crippen LogP contribution in [0.15, 0.2) is 41.1 Å². The number of nitrogens with one attached hydrogen (secondary N) is 1. The van der Waals surface area contributed by atoms with Gasteiger partial charge in [0, 0.05) is 11.1 Å². The van der Waals surface area contributed by atoms with Crippen LogP contribution in [0.4, 0.5) is 5.69 Å². The molecule has 0 aliphatic rings. The molecule has 1 aromatic carbocycles. The third-order valence-electron chi connectivity index (χ3n) is 3.83. The molecule has 1 amide bonds. The number of ether oxygens (including phenoxy) is 1. The summed E-state index contributed by atoms with van der Waals surface area (Å²) in [4.78, 5) is 29.9. The van der Waals surface area contributed by atoms with Gasteiger partial charge in [0.15, 0.2) is 11.8 Å². The van der Waals surface area contributed by atoms with Gasteiger partial charge in [-0.05, 0) is 43.3 Å². The van der Waals surface area contributed by atoms with Crippen LogP contribution in [0, 0.1) is 13.8 Å². The number of hydrogen-bond acceptors (Lipinski definition) is 6. The summed E-state index contributed by atoms with van der Waals surface area (Å²) < 4.78 is 5.28. The van der Waals surface area contributed by atoms with Gasteiger partial charge in [-0.1, -0.05) is 24.3 Å². The van der Waals surface area contributed by atoms with E-state index in [2.05, 4.69) is 10.3 Å². The van der Waals surface area contributed by atoms with Crippen LogP contribution in [0.1, 0.15) is 28.5 Å². The van der Waals surface area contributed by atoms with Gasteiger partial charge in [-0.2, -0.15) is 0 Å². The number of thiophene rings is 1. The molecular weight excluding hydrogens is 368 g/mol. The largest absolute Gasteiger partial charge is 0.448 e. The van der Waals surface area contributed by atoms with Crippen molar-refractivity contribution in [3.8, 4) is 9.88 Å². The van der Waals surface area contributed by atoms with Crippen LogP contribution in [0.5, 0.6) is 0 Å². The number of carbonyl (C=O) groups is 2. The molecule has 0 saturated carbocycles. The molecule has 1 atom stereocenters. The topological polar surface area (TPSA) is 68.3 Å². The van der Waals surface area contributed by atoms with Crippen molar-refractivity contribution in [2.45, 2.75) is 26.9 Å². The van der Waals surface area contributed by atoms with E-state index in [4.69, 9.17) is 4.74 Å². The molecule has 0 aliphatic carbocycles. The van der Waals surface area contributed by atoms with E-state index in [-0.39, 0.29) is 11.6 Å². The van der Waals surface area contributed by atoms with Crippen LogP contribution in [-0.2, 0) is 9.53 Å². The molecule has 0 bridgehead atoms. The normalized spacial score (nSPS) is 11.8. The molecule has 0 saturated heterocycles. The number of nitrogens with zero attached hydrogens (tertiary/aromatic N) is 1. The molecule has 1 N–H and O–H groups in total. The fraction of sp³-hybridized carbons (Fsp3) is 0.211. The summed E-state index contributed by atoms with van der Waals surface area (Å²) in [6.07, 6.45) is -0.923. The maximum atomic E-state index is 12.4. The van der Waals surface area contributed by atoms with Crippen LogP contribution in [0.2, 0.25) is 0 Å².